The normalized spacial score (nSPS) is 24.3. The number of hydrogen-bond acceptors (Lipinski definition) is 6. The number of benzene rings is 2. The number of alkyl halides is 3. The Morgan fingerprint density at radius 1 is 1.05 bits per heavy atom. The first-order chi connectivity index (χ1) is 18.2. The first kappa shape index (κ1) is 26.2. The van der Waals surface area contributed by atoms with Gasteiger partial charge >= 0.3 is 6.18 Å². The Kier molecular flexibility index (Phi) is 7.40. The third-order valence-electron chi connectivity index (χ3n) is 7.24. The van der Waals surface area contributed by atoms with E-state index in [2.05, 4.69) is 10.6 Å². The van der Waals surface area contributed by atoms with Gasteiger partial charge < -0.3 is 15.0 Å². The molecule has 3 aliphatic heterocycles. The summed E-state index contributed by atoms with van der Waals surface area (Å²) >= 11 is 0. The van der Waals surface area contributed by atoms with Crippen molar-refractivity contribution < 1.29 is 32.3 Å². The number of hydrogen-bond donors (Lipinski definition) is 2. The molecular weight excluding hydrogens is 501 g/mol. The van der Waals surface area contributed by atoms with E-state index in [1.165, 1.54) is 9.80 Å². The highest BCUT2D eigenvalue weighted by atomic mass is 19.4. The molecule has 3 aliphatic rings. The first-order valence-corrected chi connectivity index (χ1v) is 12.7. The van der Waals surface area contributed by atoms with Crippen molar-refractivity contribution in [3.63, 3.8) is 0 Å². The Labute approximate surface area is 218 Å². The maximum absolute atomic E-state index is 13.1. The van der Waals surface area contributed by atoms with Crippen molar-refractivity contribution in [2.75, 3.05) is 19.6 Å². The lowest BCUT2D eigenvalue weighted by atomic mass is 10.0. The van der Waals surface area contributed by atoms with Crippen LogP contribution in [0.4, 0.5) is 13.2 Å². The van der Waals surface area contributed by atoms with Gasteiger partial charge in [0.05, 0.1) is 6.54 Å². The fraction of sp³-hybridized carbons (Fsp3) is 0.444. The molecule has 0 aromatic heterocycles. The summed E-state index contributed by atoms with van der Waals surface area (Å²) in [6.45, 7) is 0.149. The van der Waals surface area contributed by atoms with E-state index in [1.807, 2.05) is 30.3 Å². The van der Waals surface area contributed by atoms with Gasteiger partial charge in [-0.2, -0.15) is 13.2 Å². The molecule has 0 bridgehead atoms. The topological polar surface area (TPSA) is 91.0 Å². The minimum absolute atomic E-state index is 0.102. The quantitative estimate of drug-likeness (QED) is 0.535. The van der Waals surface area contributed by atoms with Crippen LogP contribution in [0.2, 0.25) is 0 Å². The smallest absolute Gasteiger partial charge is 0.401 e. The van der Waals surface area contributed by atoms with E-state index in [0.717, 1.165) is 5.56 Å². The molecule has 1 unspecified atom stereocenters. The minimum Gasteiger partial charge on any atom is -0.487 e. The molecule has 8 nitrogen and oxygen atoms in total. The number of amides is 3. The zero-order valence-electron chi connectivity index (χ0n) is 20.7. The number of ether oxygens (including phenoxy) is 1. The van der Waals surface area contributed by atoms with Gasteiger partial charge in [-0.25, -0.2) is 0 Å². The minimum atomic E-state index is -4.30. The third-order valence-corrected chi connectivity index (χ3v) is 7.24. The summed E-state index contributed by atoms with van der Waals surface area (Å²) in [6.07, 6.45) is -3.93. The van der Waals surface area contributed by atoms with E-state index >= 15 is 0 Å². The molecule has 2 saturated heterocycles. The van der Waals surface area contributed by atoms with Gasteiger partial charge in [0.1, 0.15) is 17.9 Å². The second kappa shape index (κ2) is 10.7. The number of carbonyl (C=O) groups excluding carboxylic acids is 3. The number of imide groups is 1. The number of fused-ring (bicyclic) bond motifs is 1. The summed E-state index contributed by atoms with van der Waals surface area (Å²) in [5, 5.41) is 5.72. The van der Waals surface area contributed by atoms with Crippen LogP contribution in [-0.4, -0.2) is 71.5 Å². The molecular formula is C27H29F3N4O4. The molecule has 11 heteroatoms. The molecule has 3 heterocycles. The van der Waals surface area contributed by atoms with Crippen molar-refractivity contribution in [2.24, 2.45) is 0 Å². The molecule has 2 N–H and O–H groups in total. The van der Waals surface area contributed by atoms with Crippen molar-refractivity contribution in [3.05, 3.63) is 65.2 Å². The van der Waals surface area contributed by atoms with Gasteiger partial charge in [-0.1, -0.05) is 30.3 Å². The van der Waals surface area contributed by atoms with Gasteiger partial charge in [0.25, 0.3) is 5.91 Å². The summed E-state index contributed by atoms with van der Waals surface area (Å²) in [4.78, 5) is 39.6. The lowest BCUT2D eigenvalue weighted by molar-refractivity contribution is -0.152. The second-order valence-electron chi connectivity index (χ2n) is 9.99. The standard InChI is InChI=1S/C27H29F3N4O4/c28-27(29,30)16-33-11-10-21(31-13-17-4-2-1-3-5-17)23(15-33)38-19-6-7-20-18(12-19)14-34(26(20)37)22-8-9-24(35)32-25(22)36/h1-7,12,21-23,31H,8-11,13-16H2,(H,32,35,36)/t21-,22?,23-/m1/s1. The zero-order valence-corrected chi connectivity index (χ0v) is 20.7. The molecule has 0 saturated carbocycles. The molecule has 3 amide bonds. The number of rotatable bonds is 7. The number of likely N-dealkylation sites (tertiary alicyclic amines) is 1. The monoisotopic (exact) mass is 530 g/mol. The Hall–Kier alpha value is -3.44. The van der Waals surface area contributed by atoms with E-state index in [-0.39, 0.29) is 43.8 Å². The van der Waals surface area contributed by atoms with Crippen LogP contribution in [0.5, 0.6) is 5.75 Å². The summed E-state index contributed by atoms with van der Waals surface area (Å²) in [5.41, 5.74) is 2.19. The van der Waals surface area contributed by atoms with Crippen LogP contribution in [0.3, 0.4) is 0 Å². The number of halogens is 3. The fourth-order valence-electron chi connectivity index (χ4n) is 5.37. The van der Waals surface area contributed by atoms with Crippen LogP contribution in [0, 0.1) is 0 Å². The van der Waals surface area contributed by atoms with Gasteiger partial charge in [-0.05, 0) is 42.2 Å². The van der Waals surface area contributed by atoms with Crippen molar-refractivity contribution in [2.45, 2.75) is 56.7 Å². The summed E-state index contributed by atoms with van der Waals surface area (Å²) < 4.78 is 45.6. The Morgan fingerprint density at radius 2 is 1.84 bits per heavy atom. The molecule has 38 heavy (non-hydrogen) atoms. The highest BCUT2D eigenvalue weighted by molar-refractivity contribution is 6.05. The van der Waals surface area contributed by atoms with E-state index in [1.54, 1.807) is 18.2 Å². The molecule has 3 atom stereocenters. The van der Waals surface area contributed by atoms with E-state index < -0.39 is 30.8 Å². The van der Waals surface area contributed by atoms with Gasteiger partial charge in [0.15, 0.2) is 0 Å². The summed E-state index contributed by atoms with van der Waals surface area (Å²) in [5.74, 6) is -0.684. The van der Waals surface area contributed by atoms with Crippen LogP contribution in [0.1, 0.15) is 40.7 Å². The molecule has 2 aromatic rings. The van der Waals surface area contributed by atoms with E-state index in [0.29, 0.717) is 36.4 Å². The Balaban J connectivity index is 1.30. The van der Waals surface area contributed by atoms with Crippen molar-refractivity contribution in [1.82, 2.24) is 20.4 Å². The predicted octanol–water partition coefficient (Wildman–Crippen LogP) is 2.62. The van der Waals surface area contributed by atoms with Gasteiger partial charge in [-0.15, -0.1) is 0 Å². The highest BCUT2D eigenvalue weighted by Crippen LogP contribution is 2.31. The van der Waals surface area contributed by atoms with E-state index in [9.17, 15) is 27.6 Å². The lowest BCUT2D eigenvalue weighted by Gasteiger charge is -2.39. The van der Waals surface area contributed by atoms with E-state index in [4.69, 9.17) is 4.74 Å². The molecule has 5 rings (SSSR count). The number of nitrogens with zero attached hydrogens (tertiary/aromatic N) is 2. The lowest BCUT2D eigenvalue weighted by Crippen LogP contribution is -2.56. The van der Waals surface area contributed by atoms with Crippen molar-refractivity contribution in [1.29, 1.82) is 0 Å². The Morgan fingerprint density at radius 3 is 2.58 bits per heavy atom. The summed E-state index contributed by atoms with van der Waals surface area (Å²) in [6, 6.07) is 13.8. The van der Waals surface area contributed by atoms with Crippen LogP contribution >= 0.6 is 0 Å². The van der Waals surface area contributed by atoms with Crippen LogP contribution < -0.4 is 15.4 Å². The number of piperidine rings is 2. The summed E-state index contributed by atoms with van der Waals surface area (Å²) in [7, 11) is 0. The second-order valence-corrected chi connectivity index (χ2v) is 9.99. The fourth-order valence-corrected chi connectivity index (χ4v) is 5.37. The maximum Gasteiger partial charge on any atom is 0.401 e. The highest BCUT2D eigenvalue weighted by Gasteiger charge is 2.40. The molecule has 2 aromatic carbocycles. The third kappa shape index (κ3) is 5.99. The largest absolute Gasteiger partial charge is 0.487 e. The molecule has 0 spiro atoms. The number of carbonyl (C=O) groups is 3. The first-order valence-electron chi connectivity index (χ1n) is 12.7. The van der Waals surface area contributed by atoms with Crippen LogP contribution in [-0.2, 0) is 22.7 Å². The average molecular weight is 531 g/mol. The predicted molar refractivity (Wildman–Crippen MR) is 131 cm³/mol. The average Bonchev–Trinajstić information content (AvgIpc) is 3.18. The molecule has 202 valence electrons. The number of nitrogens with one attached hydrogen (secondary N) is 2. The molecule has 2 fully saturated rings. The van der Waals surface area contributed by atoms with Crippen molar-refractivity contribution >= 4 is 17.7 Å². The molecule has 0 radical (unpaired) electrons. The van der Waals surface area contributed by atoms with Crippen LogP contribution in [0.25, 0.3) is 0 Å². The Bertz CT molecular complexity index is 1210. The maximum atomic E-state index is 13.1. The van der Waals surface area contributed by atoms with Gasteiger partial charge in [-0.3, -0.25) is 24.6 Å². The molecule has 0 aliphatic carbocycles. The zero-order chi connectivity index (χ0) is 26.9. The van der Waals surface area contributed by atoms with Gasteiger partial charge in [0, 0.05) is 44.2 Å². The SMILES string of the molecule is O=C1CCC(N2Cc3cc(O[C@@H]4CN(CC(F)(F)F)CC[C@H]4NCc4ccccc4)ccc3C2=O)C(=O)N1. The van der Waals surface area contributed by atoms with Gasteiger partial charge in [0.2, 0.25) is 11.8 Å². The van der Waals surface area contributed by atoms with Crippen molar-refractivity contribution in [3.8, 4) is 5.75 Å². The van der Waals surface area contributed by atoms with Crippen LogP contribution in [0.15, 0.2) is 48.5 Å².